The summed E-state index contributed by atoms with van der Waals surface area (Å²) in [6, 6.07) is 0. The van der Waals surface area contributed by atoms with Crippen LogP contribution in [0.5, 0.6) is 0 Å². The van der Waals surface area contributed by atoms with Crippen LogP contribution in [-0.2, 0) is 4.79 Å². The lowest BCUT2D eigenvalue weighted by Crippen LogP contribution is -2.41. The number of carbonyl (C=O) groups is 1. The van der Waals surface area contributed by atoms with E-state index in [1.165, 1.54) is 64.2 Å². The van der Waals surface area contributed by atoms with Crippen LogP contribution in [0.4, 0.5) is 0 Å². The molecule has 2 aliphatic carbocycles. The van der Waals surface area contributed by atoms with Gasteiger partial charge in [0.15, 0.2) is 0 Å². The van der Waals surface area contributed by atoms with Gasteiger partial charge in [-0.1, -0.05) is 38.5 Å². The molecule has 0 heterocycles. The normalized spacial score (nSPS) is 24.1. The highest BCUT2D eigenvalue weighted by Crippen LogP contribution is 2.36. The van der Waals surface area contributed by atoms with Crippen molar-refractivity contribution in [2.75, 3.05) is 13.1 Å². The van der Waals surface area contributed by atoms with Gasteiger partial charge in [0.25, 0.3) is 0 Å². The lowest BCUT2D eigenvalue weighted by Gasteiger charge is -2.27. The lowest BCUT2D eigenvalue weighted by molar-refractivity contribution is -0.122. The van der Waals surface area contributed by atoms with Crippen LogP contribution in [0.15, 0.2) is 0 Å². The topological polar surface area (TPSA) is 55.1 Å². The molecule has 0 aromatic heterocycles. The van der Waals surface area contributed by atoms with E-state index in [1.807, 2.05) is 0 Å². The predicted molar refractivity (Wildman–Crippen MR) is 78.8 cm³/mol. The van der Waals surface area contributed by atoms with Crippen LogP contribution < -0.4 is 11.1 Å². The molecule has 0 saturated heterocycles. The molecule has 2 rings (SSSR count). The van der Waals surface area contributed by atoms with Gasteiger partial charge in [-0.15, -0.1) is 0 Å². The predicted octanol–water partition coefficient (Wildman–Crippen LogP) is 2.98. The van der Waals surface area contributed by atoms with Crippen molar-refractivity contribution in [3.05, 3.63) is 0 Å². The summed E-state index contributed by atoms with van der Waals surface area (Å²) in [6.07, 6.45) is 13.5. The Hall–Kier alpha value is -0.570. The van der Waals surface area contributed by atoms with E-state index in [9.17, 15) is 4.79 Å². The molecule has 0 aliphatic heterocycles. The van der Waals surface area contributed by atoms with E-state index in [4.69, 9.17) is 5.73 Å². The number of nitrogens with two attached hydrogens (primary N) is 1. The fourth-order valence-electron chi connectivity index (χ4n) is 3.77. The molecule has 0 unspecified atom stereocenters. The largest absolute Gasteiger partial charge is 0.355 e. The second kappa shape index (κ2) is 7.28. The Kier molecular flexibility index (Phi) is 5.68. The molecule has 0 atom stereocenters. The Morgan fingerprint density at radius 1 is 1.05 bits per heavy atom. The van der Waals surface area contributed by atoms with Crippen molar-refractivity contribution in [3.8, 4) is 0 Å². The summed E-state index contributed by atoms with van der Waals surface area (Å²) in [5, 5.41) is 3.17. The molecule has 3 N–H and O–H groups in total. The van der Waals surface area contributed by atoms with E-state index in [2.05, 4.69) is 5.32 Å². The second-order valence-electron chi connectivity index (χ2n) is 6.75. The van der Waals surface area contributed by atoms with E-state index in [0.717, 1.165) is 19.5 Å². The van der Waals surface area contributed by atoms with E-state index >= 15 is 0 Å². The number of hydrogen-bond acceptors (Lipinski definition) is 2. The molecule has 0 spiro atoms. The van der Waals surface area contributed by atoms with Gasteiger partial charge in [-0.25, -0.2) is 0 Å². The number of nitrogens with one attached hydrogen (secondary N) is 1. The molecule has 0 aromatic rings. The maximum Gasteiger partial charge on any atom is 0.220 e. The third kappa shape index (κ3) is 4.48. The van der Waals surface area contributed by atoms with Crippen molar-refractivity contribution in [1.82, 2.24) is 5.32 Å². The van der Waals surface area contributed by atoms with Gasteiger partial charge in [-0.3, -0.25) is 4.79 Å². The summed E-state index contributed by atoms with van der Waals surface area (Å²) in [6.45, 7) is 1.52. The SMILES string of the molecule is NCC1(CNC(=O)CC2CCCCCC2)CCCC1. The maximum atomic E-state index is 12.1. The minimum absolute atomic E-state index is 0.207. The Bertz CT molecular complexity index is 276. The van der Waals surface area contributed by atoms with Crippen LogP contribution in [0, 0.1) is 11.3 Å². The average molecular weight is 266 g/mol. The van der Waals surface area contributed by atoms with Gasteiger partial charge < -0.3 is 11.1 Å². The molecule has 0 aromatic carbocycles. The van der Waals surface area contributed by atoms with Gasteiger partial charge in [0, 0.05) is 13.0 Å². The van der Waals surface area contributed by atoms with Gasteiger partial charge in [-0.2, -0.15) is 0 Å². The molecule has 0 radical (unpaired) electrons. The number of rotatable bonds is 5. The van der Waals surface area contributed by atoms with Crippen LogP contribution in [0.1, 0.15) is 70.6 Å². The van der Waals surface area contributed by atoms with Gasteiger partial charge in [0.2, 0.25) is 5.91 Å². The summed E-state index contributed by atoms with van der Waals surface area (Å²) in [5.41, 5.74) is 6.12. The molecule has 19 heavy (non-hydrogen) atoms. The van der Waals surface area contributed by atoms with Crippen LogP contribution in [0.2, 0.25) is 0 Å². The summed E-state index contributed by atoms with van der Waals surface area (Å²) in [7, 11) is 0. The zero-order valence-corrected chi connectivity index (χ0v) is 12.3. The van der Waals surface area contributed by atoms with Crippen LogP contribution in [0.25, 0.3) is 0 Å². The first-order valence-electron chi connectivity index (χ1n) is 8.21. The van der Waals surface area contributed by atoms with Crippen LogP contribution in [0.3, 0.4) is 0 Å². The Morgan fingerprint density at radius 2 is 1.68 bits per heavy atom. The number of carbonyl (C=O) groups excluding carboxylic acids is 1. The zero-order valence-electron chi connectivity index (χ0n) is 12.3. The molecule has 3 nitrogen and oxygen atoms in total. The van der Waals surface area contributed by atoms with Gasteiger partial charge in [0.05, 0.1) is 0 Å². The smallest absolute Gasteiger partial charge is 0.220 e. The fraction of sp³-hybridized carbons (Fsp3) is 0.938. The third-order valence-corrected chi connectivity index (χ3v) is 5.21. The minimum Gasteiger partial charge on any atom is -0.355 e. The van der Waals surface area contributed by atoms with Crippen molar-refractivity contribution in [1.29, 1.82) is 0 Å². The monoisotopic (exact) mass is 266 g/mol. The number of amides is 1. The third-order valence-electron chi connectivity index (χ3n) is 5.21. The molecule has 2 saturated carbocycles. The number of hydrogen-bond donors (Lipinski definition) is 2. The molecule has 1 amide bonds. The molecule has 110 valence electrons. The quantitative estimate of drug-likeness (QED) is 0.752. The fourth-order valence-corrected chi connectivity index (χ4v) is 3.77. The van der Waals surface area contributed by atoms with Crippen molar-refractivity contribution in [2.45, 2.75) is 70.6 Å². The van der Waals surface area contributed by atoms with Gasteiger partial charge in [-0.05, 0) is 43.6 Å². The van der Waals surface area contributed by atoms with E-state index in [1.54, 1.807) is 0 Å². The first kappa shape index (κ1) is 14.8. The summed E-state index contributed by atoms with van der Waals surface area (Å²) < 4.78 is 0. The van der Waals surface area contributed by atoms with Gasteiger partial charge in [0.1, 0.15) is 0 Å². The molecule has 3 heteroatoms. The minimum atomic E-state index is 0.207. The first-order chi connectivity index (χ1) is 9.24. The molecular weight excluding hydrogens is 236 g/mol. The Labute approximate surface area is 117 Å². The standard InChI is InChI=1S/C16H30N2O/c17-12-16(9-5-6-10-16)13-18-15(19)11-14-7-3-1-2-4-8-14/h14H,1-13,17H2,(H,18,19). The van der Waals surface area contributed by atoms with Crippen molar-refractivity contribution in [2.24, 2.45) is 17.1 Å². The molecule has 2 aliphatic rings. The second-order valence-corrected chi connectivity index (χ2v) is 6.75. The van der Waals surface area contributed by atoms with Crippen LogP contribution in [-0.4, -0.2) is 19.0 Å². The first-order valence-corrected chi connectivity index (χ1v) is 8.21. The highest BCUT2D eigenvalue weighted by atomic mass is 16.1. The highest BCUT2D eigenvalue weighted by molar-refractivity contribution is 5.76. The molecule has 0 bridgehead atoms. The average Bonchev–Trinajstić information content (AvgIpc) is 2.75. The summed E-state index contributed by atoms with van der Waals surface area (Å²) >= 11 is 0. The zero-order chi connectivity index (χ0) is 13.6. The van der Waals surface area contributed by atoms with Gasteiger partial charge >= 0.3 is 0 Å². The van der Waals surface area contributed by atoms with E-state index in [0.29, 0.717) is 5.92 Å². The maximum absolute atomic E-state index is 12.1. The van der Waals surface area contributed by atoms with Crippen LogP contribution >= 0.6 is 0 Å². The summed E-state index contributed by atoms with van der Waals surface area (Å²) in [5.74, 6) is 0.881. The van der Waals surface area contributed by atoms with Crippen molar-refractivity contribution < 1.29 is 4.79 Å². The Balaban J connectivity index is 1.71. The molecule has 2 fully saturated rings. The molecular formula is C16H30N2O. The summed E-state index contributed by atoms with van der Waals surface area (Å²) in [4.78, 5) is 12.1. The Morgan fingerprint density at radius 3 is 2.26 bits per heavy atom. The van der Waals surface area contributed by atoms with Crippen molar-refractivity contribution >= 4 is 5.91 Å². The van der Waals surface area contributed by atoms with Crippen molar-refractivity contribution in [3.63, 3.8) is 0 Å². The highest BCUT2D eigenvalue weighted by Gasteiger charge is 2.32. The van der Waals surface area contributed by atoms with E-state index in [-0.39, 0.29) is 11.3 Å². The lowest BCUT2D eigenvalue weighted by atomic mass is 9.86. The van der Waals surface area contributed by atoms with E-state index < -0.39 is 0 Å².